The van der Waals surface area contributed by atoms with Gasteiger partial charge >= 0.3 is 6.03 Å². The van der Waals surface area contributed by atoms with Crippen LogP contribution in [0.1, 0.15) is 11.1 Å². The van der Waals surface area contributed by atoms with Crippen molar-refractivity contribution in [3.8, 4) is 11.4 Å². The fraction of sp³-hybridized carbons (Fsp3) is 0.154. The smallest absolute Gasteiger partial charge is 0.320 e. The van der Waals surface area contributed by atoms with Gasteiger partial charge in [-0.05, 0) is 12.1 Å². The van der Waals surface area contributed by atoms with E-state index in [1.54, 1.807) is 36.7 Å². The summed E-state index contributed by atoms with van der Waals surface area (Å²) in [4.78, 5) is 20.1. The van der Waals surface area contributed by atoms with Gasteiger partial charge in [-0.25, -0.2) is 4.79 Å². The lowest BCUT2D eigenvalue weighted by Gasteiger charge is -2.41. The van der Waals surface area contributed by atoms with Crippen LogP contribution in [0.3, 0.4) is 0 Å². The fourth-order valence-corrected chi connectivity index (χ4v) is 2.84. The molecule has 2 aromatic heterocycles. The number of rotatable bonds is 0. The maximum absolute atomic E-state index is 11.7. The number of nitrogens with one attached hydrogen (secondary N) is 2. The van der Waals surface area contributed by atoms with E-state index in [4.69, 9.17) is 0 Å². The fourth-order valence-electron chi connectivity index (χ4n) is 2.84. The van der Waals surface area contributed by atoms with E-state index in [0.717, 1.165) is 0 Å². The molecule has 1 fully saturated rings. The number of fused-ring (bicyclic) bond motifs is 6. The van der Waals surface area contributed by atoms with Gasteiger partial charge in [0, 0.05) is 23.5 Å². The van der Waals surface area contributed by atoms with Crippen LogP contribution in [0.15, 0.2) is 36.7 Å². The minimum atomic E-state index is -1.98. The van der Waals surface area contributed by atoms with Gasteiger partial charge in [-0.3, -0.25) is 9.97 Å². The Morgan fingerprint density at radius 2 is 1.35 bits per heavy atom. The number of carbonyl (C=O) groups excluding carboxylic acids is 1. The first-order valence-electron chi connectivity index (χ1n) is 6.03. The van der Waals surface area contributed by atoms with Gasteiger partial charge < -0.3 is 20.8 Å². The summed E-state index contributed by atoms with van der Waals surface area (Å²) in [7, 11) is 0. The summed E-state index contributed by atoms with van der Waals surface area (Å²) in [5, 5.41) is 26.4. The molecule has 100 valence electrons. The van der Waals surface area contributed by atoms with Gasteiger partial charge in [-0.15, -0.1) is 0 Å². The molecule has 1 aliphatic carbocycles. The molecule has 2 atom stereocenters. The van der Waals surface area contributed by atoms with Crippen LogP contribution in [0.2, 0.25) is 0 Å². The van der Waals surface area contributed by atoms with E-state index in [1.165, 1.54) is 0 Å². The van der Waals surface area contributed by atoms with Crippen molar-refractivity contribution in [3.63, 3.8) is 0 Å². The molecule has 0 aromatic carbocycles. The van der Waals surface area contributed by atoms with E-state index < -0.39 is 17.5 Å². The summed E-state index contributed by atoms with van der Waals surface area (Å²) in [5.41, 5.74) is -2.51. The zero-order valence-electron chi connectivity index (χ0n) is 10.2. The lowest BCUT2D eigenvalue weighted by atomic mass is 9.79. The van der Waals surface area contributed by atoms with Crippen molar-refractivity contribution in [3.05, 3.63) is 47.8 Å². The molecule has 1 saturated heterocycles. The van der Waals surface area contributed by atoms with Gasteiger partial charge in [-0.2, -0.15) is 0 Å². The van der Waals surface area contributed by atoms with Crippen molar-refractivity contribution < 1.29 is 15.0 Å². The van der Waals surface area contributed by atoms with Crippen LogP contribution in [0.25, 0.3) is 11.4 Å². The first-order valence-corrected chi connectivity index (χ1v) is 6.03. The summed E-state index contributed by atoms with van der Waals surface area (Å²) in [6.45, 7) is 0. The first-order chi connectivity index (χ1) is 9.56. The lowest BCUT2D eigenvalue weighted by molar-refractivity contribution is -0.167. The second-order valence-electron chi connectivity index (χ2n) is 4.80. The molecule has 0 spiro atoms. The topological polar surface area (TPSA) is 107 Å². The Balaban J connectivity index is 2.14. The molecule has 4 N–H and O–H groups in total. The van der Waals surface area contributed by atoms with E-state index >= 15 is 0 Å². The SMILES string of the molecule is O=C1N[C@@]2(O)c3cccnc3-c3ncccc3[C@@]2(O)N1. The molecular formula is C13H10N4O3. The average molecular weight is 270 g/mol. The molecule has 7 nitrogen and oxygen atoms in total. The number of hydrogen-bond donors (Lipinski definition) is 4. The Hall–Kier alpha value is -2.51. The third kappa shape index (κ3) is 1.10. The van der Waals surface area contributed by atoms with E-state index in [9.17, 15) is 15.0 Å². The molecule has 4 rings (SSSR count). The van der Waals surface area contributed by atoms with Crippen molar-refractivity contribution in [1.82, 2.24) is 20.6 Å². The van der Waals surface area contributed by atoms with Gasteiger partial charge in [0.15, 0.2) is 0 Å². The number of aliphatic hydroxyl groups is 2. The number of hydrogen-bond acceptors (Lipinski definition) is 5. The molecule has 20 heavy (non-hydrogen) atoms. The minimum absolute atomic E-state index is 0.298. The third-order valence-electron chi connectivity index (χ3n) is 3.73. The summed E-state index contributed by atoms with van der Waals surface area (Å²) >= 11 is 0. The van der Waals surface area contributed by atoms with E-state index in [0.29, 0.717) is 22.5 Å². The molecule has 2 amide bonds. The zero-order valence-corrected chi connectivity index (χ0v) is 10.2. The number of amides is 2. The van der Waals surface area contributed by atoms with Crippen LogP contribution in [-0.4, -0.2) is 26.2 Å². The second-order valence-corrected chi connectivity index (χ2v) is 4.80. The van der Waals surface area contributed by atoms with Crippen LogP contribution in [0, 0.1) is 0 Å². The third-order valence-corrected chi connectivity index (χ3v) is 3.73. The van der Waals surface area contributed by atoms with Crippen molar-refractivity contribution in [2.24, 2.45) is 0 Å². The van der Waals surface area contributed by atoms with E-state index in [1.807, 2.05) is 0 Å². The van der Waals surface area contributed by atoms with Gasteiger partial charge in [-0.1, -0.05) is 12.1 Å². The molecule has 2 aliphatic rings. The van der Waals surface area contributed by atoms with Crippen molar-refractivity contribution in [2.45, 2.75) is 11.4 Å². The molecule has 0 unspecified atom stereocenters. The highest BCUT2D eigenvalue weighted by molar-refractivity contribution is 5.83. The minimum Gasteiger partial charge on any atom is -0.363 e. The van der Waals surface area contributed by atoms with Crippen LogP contribution in [0.5, 0.6) is 0 Å². The van der Waals surface area contributed by atoms with Crippen molar-refractivity contribution >= 4 is 6.03 Å². The summed E-state index contributed by atoms with van der Waals surface area (Å²) < 4.78 is 0. The van der Waals surface area contributed by atoms with E-state index in [2.05, 4.69) is 20.6 Å². The largest absolute Gasteiger partial charge is 0.363 e. The van der Waals surface area contributed by atoms with Crippen molar-refractivity contribution in [2.75, 3.05) is 0 Å². The molecule has 7 heteroatoms. The van der Waals surface area contributed by atoms with Crippen LogP contribution in [0.4, 0.5) is 4.79 Å². The Morgan fingerprint density at radius 1 is 0.900 bits per heavy atom. The predicted octanol–water partition coefficient (Wildman–Crippen LogP) is -0.240. The van der Waals surface area contributed by atoms with Crippen LogP contribution < -0.4 is 10.6 Å². The number of pyridine rings is 2. The molecular weight excluding hydrogens is 260 g/mol. The lowest BCUT2D eigenvalue weighted by Crippen LogP contribution is -2.57. The van der Waals surface area contributed by atoms with Crippen molar-refractivity contribution in [1.29, 1.82) is 0 Å². The summed E-state index contributed by atoms with van der Waals surface area (Å²) in [6.07, 6.45) is 3.13. The zero-order chi connectivity index (χ0) is 14.0. The maximum atomic E-state index is 11.7. The highest BCUT2D eigenvalue weighted by atomic mass is 16.4. The first kappa shape index (κ1) is 11.3. The molecule has 2 aromatic rings. The van der Waals surface area contributed by atoms with Gasteiger partial charge in [0.05, 0.1) is 11.4 Å². The van der Waals surface area contributed by atoms with Gasteiger partial charge in [0.1, 0.15) is 0 Å². The monoisotopic (exact) mass is 270 g/mol. The standard InChI is InChI=1S/C13H10N4O3/c18-11-16-12(19)7-3-1-5-14-9(7)10-8(4-2-6-15-10)13(12,20)17-11/h1-6,19-20H,(H2,16,17,18)/t12-,13+. The van der Waals surface area contributed by atoms with E-state index in [-0.39, 0.29) is 0 Å². The summed E-state index contributed by atoms with van der Waals surface area (Å²) in [5.74, 6) is 0. The summed E-state index contributed by atoms with van der Waals surface area (Å²) in [6, 6.07) is 5.77. The molecule has 1 aliphatic heterocycles. The second kappa shape index (κ2) is 3.33. The normalized spacial score (nSPS) is 29.8. The Kier molecular flexibility index (Phi) is 1.88. The maximum Gasteiger partial charge on any atom is 0.320 e. The Morgan fingerprint density at radius 3 is 1.80 bits per heavy atom. The van der Waals surface area contributed by atoms with Gasteiger partial charge in [0.25, 0.3) is 0 Å². The predicted molar refractivity (Wildman–Crippen MR) is 66.9 cm³/mol. The molecule has 0 saturated carbocycles. The number of aromatic nitrogens is 2. The van der Waals surface area contributed by atoms with Gasteiger partial charge in [0.2, 0.25) is 11.4 Å². The average Bonchev–Trinajstić information content (AvgIpc) is 2.70. The number of carbonyl (C=O) groups is 1. The number of urea groups is 1. The molecule has 3 heterocycles. The van der Waals surface area contributed by atoms with Crippen LogP contribution >= 0.6 is 0 Å². The molecule has 0 radical (unpaired) electrons. The quantitative estimate of drug-likeness (QED) is 0.528. The molecule has 0 bridgehead atoms. The van der Waals surface area contributed by atoms with Crippen LogP contribution in [-0.2, 0) is 11.4 Å². The Labute approximate surface area is 113 Å². The highest BCUT2D eigenvalue weighted by Gasteiger charge is 2.63. The highest BCUT2D eigenvalue weighted by Crippen LogP contribution is 2.49. The Bertz CT molecular complexity index is 688. The number of nitrogens with zero attached hydrogens (tertiary/aromatic N) is 2.